The van der Waals surface area contributed by atoms with Gasteiger partial charge in [0, 0.05) is 31.3 Å². The van der Waals surface area contributed by atoms with E-state index in [1.807, 2.05) is 46.2 Å². The molecule has 9 nitrogen and oxygen atoms in total. The van der Waals surface area contributed by atoms with Crippen molar-refractivity contribution < 1.29 is 14.3 Å². The van der Waals surface area contributed by atoms with Gasteiger partial charge in [-0.25, -0.2) is 9.78 Å². The summed E-state index contributed by atoms with van der Waals surface area (Å²) in [6.45, 7) is 1.78. The van der Waals surface area contributed by atoms with Gasteiger partial charge in [-0.15, -0.1) is 0 Å². The number of hydrogen-bond donors (Lipinski definition) is 1. The molecule has 3 heterocycles. The molecule has 2 N–H and O–H groups in total. The van der Waals surface area contributed by atoms with Gasteiger partial charge in [0.25, 0.3) is 0 Å². The molecule has 0 bridgehead atoms. The third-order valence-corrected chi connectivity index (χ3v) is 5.82. The molecule has 1 aliphatic heterocycles. The molecule has 2 amide bonds. The van der Waals surface area contributed by atoms with Crippen LogP contribution in [0.3, 0.4) is 0 Å². The van der Waals surface area contributed by atoms with Crippen molar-refractivity contribution in [1.82, 2.24) is 24.6 Å². The highest BCUT2D eigenvalue weighted by Gasteiger charge is 2.24. The lowest BCUT2D eigenvalue weighted by Gasteiger charge is -2.32. The summed E-state index contributed by atoms with van der Waals surface area (Å²) in [5.74, 6) is 0.187. The number of nitrogens with zero attached hydrogens (tertiary/aromatic N) is 5. The van der Waals surface area contributed by atoms with Crippen LogP contribution in [0.2, 0.25) is 0 Å². The van der Waals surface area contributed by atoms with E-state index < -0.39 is 6.09 Å². The van der Waals surface area contributed by atoms with Crippen molar-refractivity contribution in [2.24, 2.45) is 5.73 Å². The normalized spacial score (nSPS) is 14.6. The molecule has 1 saturated heterocycles. The number of piperidine rings is 1. The van der Waals surface area contributed by atoms with E-state index >= 15 is 0 Å². The fourth-order valence-corrected chi connectivity index (χ4v) is 4.03. The predicted molar refractivity (Wildman–Crippen MR) is 120 cm³/mol. The molecule has 1 aliphatic rings. The number of carbonyl (C=O) groups is 2. The lowest BCUT2D eigenvalue weighted by atomic mass is 10.0. The minimum atomic E-state index is -0.751. The topological polar surface area (TPSA) is 116 Å². The Bertz CT molecular complexity index is 1070. The van der Waals surface area contributed by atoms with Gasteiger partial charge in [-0.1, -0.05) is 12.1 Å². The highest BCUT2D eigenvalue weighted by molar-refractivity contribution is 5.77. The molecule has 32 heavy (non-hydrogen) atoms. The molecule has 168 valence electrons. The zero-order valence-electron chi connectivity index (χ0n) is 18.0. The van der Waals surface area contributed by atoms with Crippen LogP contribution < -0.4 is 5.73 Å². The molecule has 2 aromatic heterocycles. The number of amides is 2. The van der Waals surface area contributed by atoms with E-state index in [4.69, 9.17) is 15.5 Å². The van der Waals surface area contributed by atoms with E-state index in [2.05, 4.69) is 10.1 Å². The predicted octanol–water partition coefficient (Wildman–Crippen LogP) is 3.31. The van der Waals surface area contributed by atoms with Crippen LogP contribution in [0.25, 0.3) is 22.3 Å². The Balaban J connectivity index is 1.25. The van der Waals surface area contributed by atoms with E-state index in [9.17, 15) is 9.59 Å². The van der Waals surface area contributed by atoms with Crippen molar-refractivity contribution >= 4 is 23.0 Å². The smallest absolute Gasteiger partial charge is 0.404 e. The summed E-state index contributed by atoms with van der Waals surface area (Å²) in [6, 6.07) is 8.08. The number of ether oxygens (including phenoxy) is 1. The van der Waals surface area contributed by atoms with Gasteiger partial charge >= 0.3 is 6.09 Å². The van der Waals surface area contributed by atoms with Gasteiger partial charge < -0.3 is 15.4 Å². The Hall–Kier alpha value is -3.49. The summed E-state index contributed by atoms with van der Waals surface area (Å²) in [4.78, 5) is 34.1. The quantitative estimate of drug-likeness (QED) is 0.542. The number of rotatable bonds is 8. The number of aromatic nitrogens is 4. The fourth-order valence-electron chi connectivity index (χ4n) is 4.03. The molecule has 3 aromatic rings. The molecule has 1 fully saturated rings. The zero-order valence-corrected chi connectivity index (χ0v) is 18.0. The summed E-state index contributed by atoms with van der Waals surface area (Å²) in [5, 5.41) is 4.56. The zero-order chi connectivity index (χ0) is 22.3. The molecular formula is C23H28N6O3. The van der Waals surface area contributed by atoms with Gasteiger partial charge in [-0.05, 0) is 44.2 Å². The second kappa shape index (κ2) is 10.2. The maximum atomic E-state index is 12.5. The van der Waals surface area contributed by atoms with Crippen molar-refractivity contribution in [2.45, 2.75) is 44.6 Å². The molecule has 0 aliphatic carbocycles. The first-order chi connectivity index (χ1) is 15.6. The van der Waals surface area contributed by atoms with E-state index in [1.165, 1.54) is 0 Å². The van der Waals surface area contributed by atoms with Gasteiger partial charge in [0.2, 0.25) is 5.91 Å². The van der Waals surface area contributed by atoms with Crippen LogP contribution in [0, 0.1) is 0 Å². The Morgan fingerprint density at radius 1 is 1.06 bits per heavy atom. The van der Waals surface area contributed by atoms with Crippen LogP contribution in [-0.2, 0) is 9.53 Å². The summed E-state index contributed by atoms with van der Waals surface area (Å²) in [5.41, 5.74) is 8.42. The molecule has 9 heteroatoms. The monoisotopic (exact) mass is 436 g/mol. The number of benzene rings is 1. The number of unbranched alkanes of at least 4 members (excludes halogenated alkanes) is 2. The van der Waals surface area contributed by atoms with E-state index in [1.54, 1.807) is 6.20 Å². The van der Waals surface area contributed by atoms with Crippen LogP contribution in [0.5, 0.6) is 0 Å². The van der Waals surface area contributed by atoms with Gasteiger partial charge in [0.1, 0.15) is 0 Å². The van der Waals surface area contributed by atoms with Crippen molar-refractivity contribution in [1.29, 1.82) is 0 Å². The first-order valence-corrected chi connectivity index (χ1v) is 11.1. The van der Waals surface area contributed by atoms with Crippen LogP contribution in [0.15, 0.2) is 42.9 Å². The molecule has 0 spiro atoms. The summed E-state index contributed by atoms with van der Waals surface area (Å²) in [6.07, 6.45) is 9.51. The SMILES string of the molecule is NC(=O)OCCCCCC(=O)N1CCC(n2cc(-c3cnc4ccccc4n3)cn2)CC1. The third-order valence-electron chi connectivity index (χ3n) is 5.82. The molecule has 0 saturated carbocycles. The molecule has 0 unspecified atom stereocenters. The van der Waals surface area contributed by atoms with Crippen molar-refractivity contribution in [3.8, 4) is 11.3 Å². The van der Waals surface area contributed by atoms with Gasteiger partial charge in [0.15, 0.2) is 0 Å². The Labute approximate surface area is 186 Å². The second-order valence-corrected chi connectivity index (χ2v) is 8.04. The first kappa shape index (κ1) is 21.7. The molecule has 0 atom stereocenters. The fraction of sp³-hybridized carbons (Fsp3) is 0.435. The summed E-state index contributed by atoms with van der Waals surface area (Å²) in [7, 11) is 0. The Morgan fingerprint density at radius 3 is 2.62 bits per heavy atom. The maximum Gasteiger partial charge on any atom is 0.404 e. The highest BCUT2D eigenvalue weighted by Crippen LogP contribution is 2.25. The minimum absolute atomic E-state index is 0.187. The average Bonchev–Trinajstić information content (AvgIpc) is 3.31. The van der Waals surface area contributed by atoms with Crippen molar-refractivity contribution in [3.63, 3.8) is 0 Å². The highest BCUT2D eigenvalue weighted by atomic mass is 16.5. The number of hydrogen-bond acceptors (Lipinski definition) is 6. The van der Waals surface area contributed by atoms with Crippen molar-refractivity contribution in [2.75, 3.05) is 19.7 Å². The first-order valence-electron chi connectivity index (χ1n) is 11.1. The molecule has 1 aromatic carbocycles. The molecule has 4 rings (SSSR count). The minimum Gasteiger partial charge on any atom is -0.450 e. The average molecular weight is 437 g/mol. The lowest BCUT2D eigenvalue weighted by molar-refractivity contribution is -0.132. The van der Waals surface area contributed by atoms with Crippen LogP contribution in [0.1, 0.15) is 44.6 Å². The Kier molecular flexibility index (Phi) is 6.94. The third kappa shape index (κ3) is 5.40. The van der Waals surface area contributed by atoms with Crippen LogP contribution in [-0.4, -0.2) is 56.3 Å². The summed E-state index contributed by atoms with van der Waals surface area (Å²) >= 11 is 0. The van der Waals surface area contributed by atoms with E-state index in [0.717, 1.165) is 67.5 Å². The maximum absolute atomic E-state index is 12.5. The molecule has 0 radical (unpaired) electrons. The van der Waals surface area contributed by atoms with Crippen LogP contribution in [0.4, 0.5) is 4.79 Å². The number of nitrogens with two attached hydrogens (primary N) is 1. The Morgan fingerprint density at radius 2 is 1.84 bits per heavy atom. The summed E-state index contributed by atoms with van der Waals surface area (Å²) < 4.78 is 6.69. The van der Waals surface area contributed by atoms with E-state index in [-0.39, 0.29) is 11.9 Å². The molecular weight excluding hydrogens is 408 g/mol. The van der Waals surface area contributed by atoms with Crippen LogP contribution >= 0.6 is 0 Å². The largest absolute Gasteiger partial charge is 0.450 e. The number of fused-ring (bicyclic) bond motifs is 1. The number of likely N-dealkylation sites (tertiary alicyclic amines) is 1. The van der Waals surface area contributed by atoms with Gasteiger partial charge in [-0.2, -0.15) is 5.10 Å². The second-order valence-electron chi connectivity index (χ2n) is 8.04. The number of carbonyl (C=O) groups excluding carboxylic acids is 2. The van der Waals surface area contributed by atoms with Gasteiger partial charge in [0.05, 0.1) is 41.8 Å². The standard InChI is InChI=1S/C23H28N6O3/c24-23(31)32-13-5-1-2-8-22(30)28-11-9-18(10-12-28)29-16-17(14-26-29)21-15-25-19-6-3-4-7-20(19)27-21/h3-4,6-7,14-16,18H,1-2,5,8-13H2,(H2,24,31). The van der Waals surface area contributed by atoms with Crippen molar-refractivity contribution in [3.05, 3.63) is 42.9 Å². The lowest BCUT2D eigenvalue weighted by Crippen LogP contribution is -2.39. The number of para-hydroxylation sites is 2. The van der Waals surface area contributed by atoms with Gasteiger partial charge in [-0.3, -0.25) is 14.5 Å². The number of primary amides is 1. The van der Waals surface area contributed by atoms with E-state index in [0.29, 0.717) is 13.0 Å².